The molecule has 0 aromatic rings. The molecule has 2 rings (SSSR count). The second-order valence-electron chi connectivity index (χ2n) is 7.05. The molecule has 2 saturated heterocycles. The van der Waals surface area contributed by atoms with Gasteiger partial charge < -0.3 is 25.4 Å². The molecule has 1 spiro atoms. The van der Waals surface area contributed by atoms with Crippen LogP contribution in [0, 0.1) is 11.3 Å². The van der Waals surface area contributed by atoms with Gasteiger partial charge in [-0.15, -0.1) is 0 Å². The van der Waals surface area contributed by atoms with E-state index in [-0.39, 0.29) is 17.9 Å². The van der Waals surface area contributed by atoms with E-state index in [1.807, 2.05) is 6.92 Å². The topological polar surface area (TPSA) is 79.0 Å². The number of carbonyl (C=O) groups excluding carboxylic acids is 1. The number of nitrogens with two attached hydrogens (primary N) is 1. The lowest BCUT2D eigenvalue weighted by atomic mass is 9.64. The molecule has 3 N–H and O–H groups in total. The minimum Gasteiger partial charge on any atom is -0.396 e. The van der Waals surface area contributed by atoms with Crippen LogP contribution in [0.5, 0.6) is 0 Å². The van der Waals surface area contributed by atoms with Crippen molar-refractivity contribution in [1.82, 2.24) is 9.80 Å². The predicted molar refractivity (Wildman–Crippen MR) is 90.0 cm³/mol. The molecular weight excluding hydrogens is 294 g/mol. The molecule has 0 radical (unpaired) electrons. The molecule has 0 aromatic heterocycles. The summed E-state index contributed by atoms with van der Waals surface area (Å²) in [6.07, 6.45) is 3.86. The van der Waals surface area contributed by atoms with Crippen LogP contribution in [0.25, 0.3) is 0 Å². The zero-order valence-electron chi connectivity index (χ0n) is 14.5. The van der Waals surface area contributed by atoms with Crippen molar-refractivity contribution in [2.45, 2.75) is 32.6 Å². The second-order valence-corrected chi connectivity index (χ2v) is 7.05. The molecule has 6 heteroatoms. The minimum atomic E-state index is -0.242. The molecule has 0 aliphatic carbocycles. The molecule has 0 unspecified atom stereocenters. The van der Waals surface area contributed by atoms with Gasteiger partial charge in [0.2, 0.25) is 5.91 Å². The van der Waals surface area contributed by atoms with Crippen LogP contribution in [0.1, 0.15) is 32.6 Å². The highest BCUT2D eigenvalue weighted by atomic mass is 16.5. The Morgan fingerprint density at radius 3 is 2.43 bits per heavy atom. The summed E-state index contributed by atoms with van der Waals surface area (Å²) in [7, 11) is 0. The summed E-state index contributed by atoms with van der Waals surface area (Å²) in [4.78, 5) is 15.7. The molecule has 0 aromatic carbocycles. The molecule has 1 atom stereocenters. The van der Waals surface area contributed by atoms with Crippen LogP contribution in [0.2, 0.25) is 0 Å². The van der Waals surface area contributed by atoms with Crippen LogP contribution in [0.15, 0.2) is 0 Å². The Morgan fingerprint density at radius 1 is 1.22 bits per heavy atom. The first-order valence-electron chi connectivity index (χ1n) is 9.01. The fraction of sp³-hybridized carbons (Fsp3) is 0.941. The summed E-state index contributed by atoms with van der Waals surface area (Å²) in [6.45, 7) is 9.72. The van der Waals surface area contributed by atoms with E-state index >= 15 is 0 Å². The fourth-order valence-corrected chi connectivity index (χ4v) is 4.12. The maximum absolute atomic E-state index is 11.0. The first-order valence-corrected chi connectivity index (χ1v) is 9.01. The fourth-order valence-electron chi connectivity index (χ4n) is 4.12. The number of nitrogens with zero attached hydrogens (tertiary/aromatic N) is 2. The van der Waals surface area contributed by atoms with Gasteiger partial charge in [0, 0.05) is 45.2 Å². The Kier molecular flexibility index (Phi) is 7.27. The molecular formula is C17H33N3O3. The highest BCUT2D eigenvalue weighted by Crippen LogP contribution is 2.45. The Hall–Kier alpha value is -0.690. The van der Waals surface area contributed by atoms with Crippen molar-refractivity contribution >= 4 is 5.91 Å². The molecule has 0 bridgehead atoms. The van der Waals surface area contributed by atoms with Gasteiger partial charge in [0.05, 0.1) is 6.61 Å². The van der Waals surface area contributed by atoms with Crippen LogP contribution >= 0.6 is 0 Å². The maximum Gasteiger partial charge on any atom is 0.218 e. The summed E-state index contributed by atoms with van der Waals surface area (Å²) in [5, 5.41) is 9.89. The SMILES string of the molecule is CCOCCN1CCC2(CC1)CCN(CCC(N)=O)C[C@H]2CO. The smallest absolute Gasteiger partial charge is 0.218 e. The molecule has 0 saturated carbocycles. The van der Waals surface area contributed by atoms with E-state index in [4.69, 9.17) is 10.5 Å². The normalized spacial score (nSPS) is 25.7. The number of carbonyl (C=O) groups is 1. The van der Waals surface area contributed by atoms with Gasteiger partial charge in [-0.2, -0.15) is 0 Å². The van der Waals surface area contributed by atoms with Gasteiger partial charge in [-0.3, -0.25) is 4.79 Å². The molecule has 2 aliphatic rings. The lowest BCUT2D eigenvalue weighted by Crippen LogP contribution is -2.54. The second kappa shape index (κ2) is 8.97. The van der Waals surface area contributed by atoms with Crippen LogP contribution in [0.3, 0.4) is 0 Å². The van der Waals surface area contributed by atoms with Crippen molar-refractivity contribution in [2.24, 2.45) is 17.1 Å². The molecule has 6 nitrogen and oxygen atoms in total. The van der Waals surface area contributed by atoms with Gasteiger partial charge in [0.15, 0.2) is 0 Å². The molecule has 1 amide bonds. The van der Waals surface area contributed by atoms with Crippen molar-refractivity contribution in [1.29, 1.82) is 0 Å². The van der Waals surface area contributed by atoms with Gasteiger partial charge in [0.25, 0.3) is 0 Å². The number of aliphatic hydroxyl groups excluding tert-OH is 1. The van der Waals surface area contributed by atoms with Crippen molar-refractivity contribution in [3.05, 3.63) is 0 Å². The van der Waals surface area contributed by atoms with Gasteiger partial charge in [0.1, 0.15) is 0 Å². The van der Waals surface area contributed by atoms with E-state index in [1.54, 1.807) is 0 Å². The van der Waals surface area contributed by atoms with Crippen LogP contribution in [0.4, 0.5) is 0 Å². The molecule has 2 fully saturated rings. The standard InChI is InChI=1S/C17H33N3O3/c1-2-23-12-11-19-8-4-17(5-9-19)6-10-20(7-3-16(18)22)13-15(17)14-21/h15,21H,2-14H2,1H3,(H2,18,22)/t15-/m0/s1. The Labute approximate surface area is 139 Å². The lowest BCUT2D eigenvalue weighted by Gasteiger charge is -2.51. The number of piperidine rings is 2. The zero-order chi connectivity index (χ0) is 16.7. The Balaban J connectivity index is 1.82. The predicted octanol–water partition coefficient (Wildman–Crippen LogP) is 0.295. The number of hydrogen-bond donors (Lipinski definition) is 2. The summed E-state index contributed by atoms with van der Waals surface area (Å²) in [6, 6.07) is 0. The van der Waals surface area contributed by atoms with E-state index in [9.17, 15) is 9.90 Å². The van der Waals surface area contributed by atoms with E-state index in [2.05, 4.69) is 9.80 Å². The summed E-state index contributed by atoms with van der Waals surface area (Å²) in [5.74, 6) is 0.0756. The average molecular weight is 327 g/mol. The molecule has 23 heavy (non-hydrogen) atoms. The van der Waals surface area contributed by atoms with Gasteiger partial charge >= 0.3 is 0 Å². The average Bonchev–Trinajstić information content (AvgIpc) is 2.56. The maximum atomic E-state index is 11.0. The molecule has 2 aliphatic heterocycles. The van der Waals surface area contributed by atoms with Gasteiger partial charge in [-0.05, 0) is 51.2 Å². The number of hydrogen-bond acceptors (Lipinski definition) is 5. The van der Waals surface area contributed by atoms with Crippen LogP contribution in [-0.4, -0.2) is 79.9 Å². The Morgan fingerprint density at radius 2 is 1.87 bits per heavy atom. The number of primary amides is 1. The minimum absolute atomic E-state index is 0.242. The van der Waals surface area contributed by atoms with Gasteiger partial charge in [-0.1, -0.05) is 0 Å². The lowest BCUT2D eigenvalue weighted by molar-refractivity contribution is -0.118. The quantitative estimate of drug-likeness (QED) is 0.627. The first-order chi connectivity index (χ1) is 11.1. The number of amides is 1. The van der Waals surface area contributed by atoms with Crippen LogP contribution < -0.4 is 5.73 Å². The first kappa shape index (κ1) is 18.6. The van der Waals surface area contributed by atoms with Crippen molar-refractivity contribution < 1.29 is 14.6 Å². The van der Waals surface area contributed by atoms with Crippen LogP contribution in [-0.2, 0) is 9.53 Å². The largest absolute Gasteiger partial charge is 0.396 e. The summed E-state index contributed by atoms with van der Waals surface area (Å²) >= 11 is 0. The molecule has 134 valence electrons. The third-order valence-electron chi connectivity index (χ3n) is 5.77. The Bertz CT molecular complexity index is 370. The van der Waals surface area contributed by atoms with Crippen molar-refractivity contribution in [3.63, 3.8) is 0 Å². The van der Waals surface area contributed by atoms with Crippen molar-refractivity contribution in [3.8, 4) is 0 Å². The third kappa shape index (κ3) is 5.14. The molecule has 2 heterocycles. The van der Waals surface area contributed by atoms with Gasteiger partial charge in [-0.25, -0.2) is 0 Å². The number of aliphatic hydroxyl groups is 1. The highest BCUT2D eigenvalue weighted by molar-refractivity contribution is 5.73. The zero-order valence-corrected chi connectivity index (χ0v) is 14.5. The number of rotatable bonds is 8. The monoisotopic (exact) mass is 327 g/mol. The third-order valence-corrected chi connectivity index (χ3v) is 5.77. The van der Waals surface area contributed by atoms with E-state index < -0.39 is 0 Å². The number of ether oxygens (including phenoxy) is 1. The summed E-state index contributed by atoms with van der Waals surface area (Å²) < 4.78 is 5.45. The van der Waals surface area contributed by atoms with Crippen molar-refractivity contribution in [2.75, 3.05) is 59.1 Å². The van der Waals surface area contributed by atoms with E-state index in [1.165, 1.54) is 0 Å². The van der Waals surface area contributed by atoms with E-state index in [0.29, 0.717) is 12.3 Å². The highest BCUT2D eigenvalue weighted by Gasteiger charge is 2.44. The summed E-state index contributed by atoms with van der Waals surface area (Å²) in [5.41, 5.74) is 5.53. The number of likely N-dealkylation sites (tertiary alicyclic amines) is 2. The van der Waals surface area contributed by atoms with E-state index in [0.717, 1.165) is 71.7 Å².